The lowest BCUT2D eigenvalue weighted by atomic mass is 10.2. The second kappa shape index (κ2) is 8.78. The second-order valence-corrected chi connectivity index (χ2v) is 8.59. The van der Waals surface area contributed by atoms with Crippen LogP contribution < -0.4 is 15.6 Å². The van der Waals surface area contributed by atoms with Gasteiger partial charge in [0.2, 0.25) is 0 Å². The molecule has 0 aliphatic rings. The van der Waals surface area contributed by atoms with Gasteiger partial charge >= 0.3 is 6.18 Å². The molecule has 0 saturated carbocycles. The summed E-state index contributed by atoms with van der Waals surface area (Å²) in [7, 11) is -4.28. The fourth-order valence-electron chi connectivity index (χ4n) is 2.43. The maximum atomic E-state index is 12.8. The summed E-state index contributed by atoms with van der Waals surface area (Å²) < 4.78 is 65.7. The van der Waals surface area contributed by atoms with Crippen molar-refractivity contribution in [2.45, 2.75) is 11.1 Å². The van der Waals surface area contributed by atoms with Crippen LogP contribution in [-0.4, -0.2) is 20.2 Å². The summed E-state index contributed by atoms with van der Waals surface area (Å²) >= 11 is 1.30. The standard InChI is InChI=1S/C19H14F3N3O4S2/c20-19(21,22)14-4-2-5-15(10-14)25-31(28,29)16-6-1-3-12(9-16)17(26)23-24-18(27)13-7-8-30-11-13/h1-11,25H,(H,23,26)(H,24,27). The third-order valence-electron chi connectivity index (χ3n) is 3.92. The molecule has 0 spiro atoms. The molecule has 3 aromatic rings. The lowest BCUT2D eigenvalue weighted by Crippen LogP contribution is -2.41. The Bertz CT molecular complexity index is 1210. The number of amides is 2. The number of anilines is 1. The van der Waals surface area contributed by atoms with Crippen molar-refractivity contribution >= 4 is 38.9 Å². The van der Waals surface area contributed by atoms with E-state index >= 15 is 0 Å². The smallest absolute Gasteiger partial charge is 0.280 e. The minimum atomic E-state index is -4.63. The molecule has 0 aliphatic heterocycles. The summed E-state index contributed by atoms with van der Waals surface area (Å²) in [6.07, 6.45) is -4.63. The van der Waals surface area contributed by atoms with Crippen molar-refractivity contribution in [3.05, 3.63) is 82.0 Å². The molecule has 1 aromatic heterocycles. The average molecular weight is 469 g/mol. The van der Waals surface area contributed by atoms with Crippen molar-refractivity contribution in [2.24, 2.45) is 0 Å². The van der Waals surface area contributed by atoms with Crippen molar-refractivity contribution in [1.29, 1.82) is 0 Å². The summed E-state index contributed by atoms with van der Waals surface area (Å²) in [5.74, 6) is -1.33. The van der Waals surface area contributed by atoms with Gasteiger partial charge in [0.1, 0.15) is 0 Å². The van der Waals surface area contributed by atoms with Gasteiger partial charge in [-0.15, -0.1) is 0 Å². The number of hydrogen-bond acceptors (Lipinski definition) is 5. The van der Waals surface area contributed by atoms with Crippen LogP contribution in [0.25, 0.3) is 0 Å². The third-order valence-corrected chi connectivity index (χ3v) is 5.98. The highest BCUT2D eigenvalue weighted by molar-refractivity contribution is 7.92. The Hall–Kier alpha value is -3.38. The van der Waals surface area contributed by atoms with Gasteiger partial charge in [-0.25, -0.2) is 8.42 Å². The Morgan fingerprint density at radius 3 is 2.19 bits per heavy atom. The number of rotatable bonds is 5. The zero-order chi connectivity index (χ0) is 22.6. The minimum Gasteiger partial charge on any atom is -0.280 e. The number of alkyl halides is 3. The zero-order valence-electron chi connectivity index (χ0n) is 15.4. The number of halogens is 3. The number of thiophene rings is 1. The summed E-state index contributed by atoms with van der Waals surface area (Å²) in [5, 5.41) is 3.26. The average Bonchev–Trinajstić information content (AvgIpc) is 3.26. The van der Waals surface area contributed by atoms with Crippen LogP contribution in [0.4, 0.5) is 18.9 Å². The Labute approximate surface area is 178 Å². The van der Waals surface area contributed by atoms with Crippen LogP contribution in [0.2, 0.25) is 0 Å². The first-order valence-corrected chi connectivity index (χ1v) is 10.9. The summed E-state index contributed by atoms with van der Waals surface area (Å²) in [5.41, 5.74) is 3.32. The number of hydrazine groups is 1. The summed E-state index contributed by atoms with van der Waals surface area (Å²) in [4.78, 5) is 23.8. The molecule has 31 heavy (non-hydrogen) atoms. The quantitative estimate of drug-likeness (QED) is 0.496. The Kier molecular flexibility index (Phi) is 6.32. The summed E-state index contributed by atoms with van der Waals surface area (Å²) in [6, 6.07) is 10.1. The van der Waals surface area contributed by atoms with Crippen molar-refractivity contribution in [3.8, 4) is 0 Å². The monoisotopic (exact) mass is 469 g/mol. The predicted molar refractivity (Wildman–Crippen MR) is 108 cm³/mol. The number of hydrogen-bond donors (Lipinski definition) is 3. The molecule has 0 bridgehead atoms. The largest absolute Gasteiger partial charge is 0.416 e. The van der Waals surface area contributed by atoms with Crippen LogP contribution >= 0.6 is 11.3 Å². The summed E-state index contributed by atoms with van der Waals surface area (Å²) in [6.45, 7) is 0. The van der Waals surface area contributed by atoms with Crippen molar-refractivity contribution in [2.75, 3.05) is 4.72 Å². The van der Waals surface area contributed by atoms with E-state index in [1.807, 2.05) is 0 Å². The molecule has 3 rings (SSSR count). The van der Waals surface area contributed by atoms with Crippen LogP contribution in [0.15, 0.2) is 70.3 Å². The molecule has 12 heteroatoms. The molecule has 1 heterocycles. The third kappa shape index (κ3) is 5.61. The van der Waals surface area contributed by atoms with Crippen LogP contribution in [-0.2, 0) is 16.2 Å². The fraction of sp³-hybridized carbons (Fsp3) is 0.0526. The molecule has 2 amide bonds. The van der Waals surface area contributed by atoms with Crippen molar-refractivity contribution < 1.29 is 31.2 Å². The van der Waals surface area contributed by atoms with Gasteiger partial charge in [0.15, 0.2) is 0 Å². The van der Waals surface area contributed by atoms with Crippen LogP contribution in [0, 0.1) is 0 Å². The van der Waals surface area contributed by atoms with E-state index in [4.69, 9.17) is 0 Å². The highest BCUT2D eigenvalue weighted by atomic mass is 32.2. The van der Waals surface area contributed by atoms with Gasteiger partial charge in [-0.2, -0.15) is 24.5 Å². The molecule has 2 aromatic carbocycles. The first kappa shape index (κ1) is 22.3. The Balaban J connectivity index is 1.74. The molecule has 7 nitrogen and oxygen atoms in total. The second-order valence-electron chi connectivity index (χ2n) is 6.13. The molecule has 3 N–H and O–H groups in total. The van der Waals surface area contributed by atoms with Gasteiger partial charge in [-0.1, -0.05) is 12.1 Å². The molecule has 0 unspecified atom stereocenters. The SMILES string of the molecule is O=C(NNC(=O)c1cccc(S(=O)(=O)Nc2cccc(C(F)(F)F)c2)c1)c1ccsc1. The first-order valence-electron chi connectivity index (χ1n) is 8.49. The van der Waals surface area contributed by atoms with E-state index in [1.165, 1.54) is 35.6 Å². The van der Waals surface area contributed by atoms with E-state index in [0.29, 0.717) is 11.6 Å². The molecule has 0 fully saturated rings. The van der Waals surface area contributed by atoms with Gasteiger partial charge in [-0.3, -0.25) is 25.2 Å². The molecule has 0 radical (unpaired) electrons. The molecule has 0 saturated heterocycles. The first-order chi connectivity index (χ1) is 14.6. The topological polar surface area (TPSA) is 104 Å². The van der Waals surface area contributed by atoms with E-state index in [2.05, 4.69) is 15.6 Å². The molecule has 162 valence electrons. The lowest BCUT2D eigenvalue weighted by molar-refractivity contribution is -0.137. The lowest BCUT2D eigenvalue weighted by Gasteiger charge is -2.12. The number of carbonyl (C=O) groups is 2. The van der Waals surface area contributed by atoms with Gasteiger partial charge in [0.25, 0.3) is 21.8 Å². The number of carbonyl (C=O) groups excluding carboxylic acids is 2. The van der Waals surface area contributed by atoms with E-state index < -0.39 is 33.6 Å². The van der Waals surface area contributed by atoms with E-state index in [1.54, 1.807) is 16.8 Å². The van der Waals surface area contributed by atoms with Crippen molar-refractivity contribution in [1.82, 2.24) is 10.9 Å². The highest BCUT2D eigenvalue weighted by Gasteiger charge is 2.30. The maximum absolute atomic E-state index is 12.8. The maximum Gasteiger partial charge on any atom is 0.416 e. The fourth-order valence-corrected chi connectivity index (χ4v) is 4.16. The Morgan fingerprint density at radius 1 is 0.871 bits per heavy atom. The van der Waals surface area contributed by atoms with E-state index in [0.717, 1.165) is 18.2 Å². The number of sulfonamides is 1. The van der Waals surface area contributed by atoms with E-state index in [9.17, 15) is 31.2 Å². The van der Waals surface area contributed by atoms with Gasteiger partial charge in [-0.05, 0) is 47.8 Å². The molecular formula is C19H14F3N3O4S2. The van der Waals surface area contributed by atoms with Gasteiger partial charge in [0.05, 0.1) is 16.0 Å². The van der Waals surface area contributed by atoms with Gasteiger partial charge < -0.3 is 0 Å². The molecule has 0 atom stereocenters. The number of nitrogens with one attached hydrogen (secondary N) is 3. The Morgan fingerprint density at radius 2 is 1.55 bits per heavy atom. The predicted octanol–water partition coefficient (Wildman–Crippen LogP) is 3.64. The van der Waals surface area contributed by atoms with Crippen molar-refractivity contribution in [3.63, 3.8) is 0 Å². The normalized spacial score (nSPS) is 11.6. The van der Waals surface area contributed by atoms with Gasteiger partial charge in [0, 0.05) is 16.6 Å². The molecular weight excluding hydrogens is 455 g/mol. The minimum absolute atomic E-state index is 0.0856. The van der Waals surface area contributed by atoms with Crippen LogP contribution in [0.3, 0.4) is 0 Å². The highest BCUT2D eigenvalue weighted by Crippen LogP contribution is 2.31. The van der Waals surface area contributed by atoms with E-state index in [-0.39, 0.29) is 16.1 Å². The van der Waals surface area contributed by atoms with Crippen LogP contribution in [0.5, 0.6) is 0 Å². The molecule has 0 aliphatic carbocycles. The van der Waals surface area contributed by atoms with Crippen LogP contribution in [0.1, 0.15) is 26.3 Å². The zero-order valence-corrected chi connectivity index (χ0v) is 17.1. The number of benzene rings is 2.